The molecule has 142 valence electrons. The summed E-state index contributed by atoms with van der Waals surface area (Å²) in [4.78, 5) is 13.1. The van der Waals surface area contributed by atoms with Crippen molar-refractivity contribution in [3.63, 3.8) is 0 Å². The highest BCUT2D eigenvalue weighted by molar-refractivity contribution is 7.80. The van der Waals surface area contributed by atoms with E-state index >= 15 is 0 Å². The molecule has 0 fully saturated rings. The topological polar surface area (TPSA) is 26.3 Å². The molecule has 3 aromatic rings. The number of benzene rings is 3. The minimum Gasteiger partial charge on any atom is -0.454 e. The van der Waals surface area contributed by atoms with E-state index < -0.39 is 7.92 Å². The number of rotatable bonds is 7. The van der Waals surface area contributed by atoms with Crippen LogP contribution in [0.15, 0.2) is 97.1 Å². The molecule has 0 N–H and O–H groups in total. The Morgan fingerprint density at radius 3 is 1.89 bits per heavy atom. The average Bonchev–Trinajstić information content (AvgIpc) is 2.74. The summed E-state index contributed by atoms with van der Waals surface area (Å²) in [6.07, 6.45) is 0.454. The van der Waals surface area contributed by atoms with Gasteiger partial charge in [-0.1, -0.05) is 92.4 Å². The summed E-state index contributed by atoms with van der Waals surface area (Å²) in [5, 5.41) is 3.42. The highest BCUT2D eigenvalue weighted by Gasteiger charge is 2.24. The van der Waals surface area contributed by atoms with Gasteiger partial charge in [0.25, 0.3) is 0 Å². The van der Waals surface area contributed by atoms with E-state index in [1.807, 2.05) is 74.5 Å². The van der Waals surface area contributed by atoms with Crippen LogP contribution in [-0.4, -0.2) is 12.1 Å². The first-order chi connectivity index (χ1) is 13.6. The molecule has 3 rings (SSSR count). The molecule has 2 nitrogen and oxygen atoms in total. The number of carbonyl (C=O) groups is 1. The van der Waals surface area contributed by atoms with Gasteiger partial charge < -0.3 is 4.74 Å². The first kappa shape index (κ1) is 20.0. The molecule has 28 heavy (non-hydrogen) atoms. The van der Waals surface area contributed by atoms with Crippen molar-refractivity contribution in [3.8, 4) is 0 Å². The molecule has 0 aliphatic heterocycles. The van der Waals surface area contributed by atoms with Gasteiger partial charge in [0.2, 0.25) is 0 Å². The summed E-state index contributed by atoms with van der Waals surface area (Å²) in [7, 11) is -0.867. The lowest BCUT2D eigenvalue weighted by molar-refractivity contribution is 0.0370. The van der Waals surface area contributed by atoms with E-state index in [-0.39, 0.29) is 12.1 Å². The quantitative estimate of drug-likeness (QED) is 0.325. The summed E-state index contributed by atoms with van der Waals surface area (Å²) in [6, 6.07) is 28.5. The third-order valence-corrected chi connectivity index (χ3v) is 7.06. The van der Waals surface area contributed by atoms with Crippen molar-refractivity contribution in [2.75, 3.05) is 0 Å². The summed E-state index contributed by atoms with van der Waals surface area (Å²) in [5.41, 5.74) is 1.49. The maximum absolute atomic E-state index is 13.1. The van der Waals surface area contributed by atoms with Crippen LogP contribution < -0.4 is 15.9 Å². The lowest BCUT2D eigenvalue weighted by atomic mass is 10.1. The number of carbonyl (C=O) groups excluding carboxylic acids is 1. The standard InChI is InChI=1S/C25H25O2P/c1-4-23(19(2)3)27-25(26)22-17-11-12-18-24(22)28(20-13-7-5-8-14-20)21-15-9-6-10-16-21/h5-18,23H,2,4H2,1,3H3/t23-/m0/s1. The van der Waals surface area contributed by atoms with Crippen LogP contribution in [0.5, 0.6) is 0 Å². The summed E-state index contributed by atoms with van der Waals surface area (Å²) in [6.45, 7) is 7.85. The minimum atomic E-state index is -0.867. The number of hydrogen-bond acceptors (Lipinski definition) is 2. The maximum Gasteiger partial charge on any atom is 0.339 e. The molecule has 0 saturated heterocycles. The molecule has 0 spiro atoms. The Kier molecular flexibility index (Phi) is 6.79. The van der Waals surface area contributed by atoms with Crippen LogP contribution >= 0.6 is 7.92 Å². The van der Waals surface area contributed by atoms with Crippen molar-refractivity contribution in [2.45, 2.75) is 26.4 Å². The van der Waals surface area contributed by atoms with Crippen LogP contribution in [0.1, 0.15) is 30.6 Å². The second-order valence-corrected chi connectivity index (χ2v) is 8.86. The Bertz CT molecular complexity index is 896. The van der Waals surface area contributed by atoms with Crippen molar-refractivity contribution in [1.29, 1.82) is 0 Å². The molecule has 0 saturated carbocycles. The zero-order valence-corrected chi connectivity index (χ0v) is 17.2. The lowest BCUT2D eigenvalue weighted by Gasteiger charge is -2.23. The third kappa shape index (κ3) is 4.58. The predicted octanol–water partition coefficient (Wildman–Crippen LogP) is 4.96. The first-order valence-corrected chi connectivity index (χ1v) is 10.8. The van der Waals surface area contributed by atoms with Crippen LogP contribution in [0, 0.1) is 0 Å². The van der Waals surface area contributed by atoms with E-state index in [9.17, 15) is 4.79 Å². The Morgan fingerprint density at radius 2 is 1.39 bits per heavy atom. The summed E-state index contributed by atoms with van der Waals surface area (Å²) < 4.78 is 5.78. The highest BCUT2D eigenvalue weighted by Crippen LogP contribution is 2.34. The average molecular weight is 388 g/mol. The maximum atomic E-state index is 13.1. The Labute approximate surface area is 168 Å². The largest absolute Gasteiger partial charge is 0.454 e. The zero-order valence-electron chi connectivity index (χ0n) is 16.3. The van der Waals surface area contributed by atoms with E-state index in [1.54, 1.807) is 0 Å². The van der Waals surface area contributed by atoms with E-state index in [4.69, 9.17) is 4.74 Å². The lowest BCUT2D eigenvalue weighted by Crippen LogP contribution is -2.27. The number of esters is 1. The van der Waals surface area contributed by atoms with Crippen molar-refractivity contribution >= 4 is 29.8 Å². The van der Waals surface area contributed by atoms with Crippen molar-refractivity contribution < 1.29 is 9.53 Å². The van der Waals surface area contributed by atoms with E-state index in [0.717, 1.165) is 17.3 Å². The van der Waals surface area contributed by atoms with Crippen LogP contribution in [0.3, 0.4) is 0 Å². The normalized spacial score (nSPS) is 11.8. The molecule has 0 aliphatic rings. The van der Waals surface area contributed by atoms with Crippen molar-refractivity contribution in [2.24, 2.45) is 0 Å². The van der Waals surface area contributed by atoms with Gasteiger partial charge in [0, 0.05) is 0 Å². The van der Waals surface area contributed by atoms with Gasteiger partial charge in [0.15, 0.2) is 0 Å². The van der Waals surface area contributed by atoms with Gasteiger partial charge >= 0.3 is 5.97 Å². The van der Waals surface area contributed by atoms with Crippen molar-refractivity contribution in [1.82, 2.24) is 0 Å². The molecule has 0 radical (unpaired) electrons. The fourth-order valence-electron chi connectivity index (χ4n) is 3.15. The van der Waals surface area contributed by atoms with Gasteiger partial charge in [0.05, 0.1) is 5.56 Å². The SMILES string of the molecule is C=C(C)[C@H](CC)OC(=O)c1ccccc1P(c1ccccc1)c1ccccc1. The van der Waals surface area contributed by atoms with Gasteiger partial charge in [-0.15, -0.1) is 0 Å². The van der Waals surface area contributed by atoms with E-state index in [0.29, 0.717) is 5.56 Å². The van der Waals surface area contributed by atoms with Crippen LogP contribution in [0.25, 0.3) is 0 Å². The van der Waals surface area contributed by atoms with Crippen LogP contribution in [0.2, 0.25) is 0 Å². The molecule has 0 aromatic heterocycles. The van der Waals surface area contributed by atoms with Gasteiger partial charge in [-0.2, -0.15) is 0 Å². The van der Waals surface area contributed by atoms with Gasteiger partial charge in [0.1, 0.15) is 6.10 Å². The molecule has 0 heterocycles. The predicted molar refractivity (Wildman–Crippen MR) is 119 cm³/mol. The second-order valence-electron chi connectivity index (χ2n) is 6.67. The fourth-order valence-corrected chi connectivity index (χ4v) is 5.58. The number of hydrogen-bond donors (Lipinski definition) is 0. The first-order valence-electron chi connectivity index (χ1n) is 9.47. The monoisotopic (exact) mass is 388 g/mol. The molecule has 3 heteroatoms. The molecule has 0 amide bonds. The van der Waals surface area contributed by atoms with E-state index in [1.165, 1.54) is 10.6 Å². The molecule has 3 aromatic carbocycles. The van der Waals surface area contributed by atoms with Gasteiger partial charge in [-0.25, -0.2) is 4.79 Å². The van der Waals surface area contributed by atoms with Gasteiger partial charge in [-0.05, 0) is 48.8 Å². The summed E-state index contributed by atoms with van der Waals surface area (Å²) >= 11 is 0. The Hall–Kier alpha value is -2.70. The fraction of sp³-hybridized carbons (Fsp3) is 0.160. The van der Waals surface area contributed by atoms with Crippen molar-refractivity contribution in [3.05, 3.63) is 103 Å². The zero-order chi connectivity index (χ0) is 19.9. The molecule has 0 unspecified atom stereocenters. The molecule has 0 aliphatic carbocycles. The Balaban J connectivity index is 2.07. The third-order valence-electron chi connectivity index (χ3n) is 4.56. The van der Waals surface area contributed by atoms with Gasteiger partial charge in [-0.3, -0.25) is 0 Å². The van der Waals surface area contributed by atoms with Crippen LogP contribution in [-0.2, 0) is 4.74 Å². The van der Waals surface area contributed by atoms with E-state index in [2.05, 4.69) is 30.8 Å². The van der Waals surface area contributed by atoms with Crippen LogP contribution in [0.4, 0.5) is 0 Å². The molecule has 1 atom stereocenters. The Morgan fingerprint density at radius 1 is 0.893 bits per heavy atom. The molecular weight excluding hydrogens is 363 g/mol. The smallest absolute Gasteiger partial charge is 0.339 e. The molecular formula is C25H25O2P. The second kappa shape index (κ2) is 9.48. The molecule has 0 bridgehead atoms. The summed E-state index contributed by atoms with van der Waals surface area (Å²) in [5.74, 6) is -0.287. The number of ether oxygens (including phenoxy) is 1. The highest BCUT2D eigenvalue weighted by atomic mass is 31.1. The minimum absolute atomic E-state index is 0.264.